The molecule has 3 aromatic rings. The Bertz CT molecular complexity index is 1300. The molecule has 0 bridgehead atoms. The van der Waals surface area contributed by atoms with Crippen LogP contribution < -0.4 is 5.32 Å². The minimum absolute atomic E-state index is 0.0877. The van der Waals surface area contributed by atoms with E-state index in [1.165, 1.54) is 12.1 Å². The van der Waals surface area contributed by atoms with Crippen LogP contribution >= 0.6 is 46.4 Å². The van der Waals surface area contributed by atoms with E-state index < -0.39 is 51.7 Å². The van der Waals surface area contributed by atoms with Crippen molar-refractivity contribution in [2.24, 2.45) is 5.92 Å². The van der Waals surface area contributed by atoms with Gasteiger partial charge in [-0.25, -0.2) is 13.2 Å². The van der Waals surface area contributed by atoms with E-state index in [0.717, 1.165) is 24.3 Å². The molecule has 1 N–H and O–H groups in total. The lowest BCUT2D eigenvalue weighted by atomic mass is 10.0. The minimum atomic E-state index is -1.42. The van der Waals surface area contributed by atoms with E-state index in [9.17, 15) is 22.8 Å². The molecule has 0 aliphatic heterocycles. The summed E-state index contributed by atoms with van der Waals surface area (Å²) in [4.78, 5) is 25.4. The fraction of sp³-hybridized carbons (Fsp3) is 0.167. The fourth-order valence-corrected chi connectivity index (χ4v) is 5.16. The number of hydrogen-bond acceptors (Lipinski definition) is 2. The van der Waals surface area contributed by atoms with Crippen LogP contribution in [0.3, 0.4) is 0 Å². The van der Waals surface area contributed by atoms with E-state index in [1.807, 2.05) is 0 Å². The number of alkyl halides is 2. The van der Waals surface area contributed by atoms with E-state index in [-0.39, 0.29) is 16.8 Å². The van der Waals surface area contributed by atoms with Gasteiger partial charge < -0.3 is 5.32 Å². The van der Waals surface area contributed by atoms with Crippen molar-refractivity contribution in [3.8, 4) is 0 Å². The quantitative estimate of drug-likeness (QED) is 0.259. The van der Waals surface area contributed by atoms with Crippen LogP contribution in [0.25, 0.3) is 0 Å². The monoisotopic (exact) mass is 545 g/mol. The topological polar surface area (TPSA) is 46.2 Å². The molecule has 0 saturated heterocycles. The Kier molecular flexibility index (Phi) is 6.89. The van der Waals surface area contributed by atoms with E-state index in [0.29, 0.717) is 21.7 Å². The molecule has 0 radical (unpaired) electrons. The zero-order valence-corrected chi connectivity index (χ0v) is 20.0. The molecule has 0 spiro atoms. The van der Waals surface area contributed by atoms with Crippen LogP contribution in [0.5, 0.6) is 0 Å². The second-order valence-corrected chi connectivity index (χ2v) is 10.2. The van der Waals surface area contributed by atoms with Gasteiger partial charge in [0.2, 0.25) is 5.91 Å². The summed E-state index contributed by atoms with van der Waals surface area (Å²) in [6.45, 7) is 0. The van der Waals surface area contributed by atoms with Crippen LogP contribution in [0, 0.1) is 23.4 Å². The number of ketones is 1. The SMILES string of the molecule is O=C(Cc1ccc(F)cc1F)c1cc(NC(=O)C2C(c3cc(Cl)cc(Cl)c3)C2(Cl)Cl)ccc1F. The molecule has 1 saturated carbocycles. The Morgan fingerprint density at radius 3 is 2.21 bits per heavy atom. The first kappa shape index (κ1) is 24.9. The summed E-state index contributed by atoms with van der Waals surface area (Å²) >= 11 is 24.7. The van der Waals surface area contributed by atoms with Gasteiger partial charge in [0, 0.05) is 34.1 Å². The Balaban J connectivity index is 1.52. The standard InChI is InChI=1S/C24H14Cl4F3NO2/c25-13-5-12(6-14(26)8-13)21-22(24(21,27)28)23(34)32-16-3-4-18(30)17(10-16)20(33)7-11-1-2-15(29)9-19(11)31/h1-6,8-10,21-22H,7H2,(H,32,34). The van der Waals surface area contributed by atoms with Crippen molar-refractivity contribution < 1.29 is 22.8 Å². The van der Waals surface area contributed by atoms with Crippen molar-refractivity contribution in [3.05, 3.63) is 98.8 Å². The Morgan fingerprint density at radius 2 is 1.56 bits per heavy atom. The third kappa shape index (κ3) is 5.05. The molecule has 1 amide bonds. The van der Waals surface area contributed by atoms with Crippen molar-refractivity contribution in [2.45, 2.75) is 16.7 Å². The van der Waals surface area contributed by atoms with Crippen LogP contribution in [-0.4, -0.2) is 16.0 Å². The Labute approximate surface area is 212 Å². The zero-order valence-electron chi connectivity index (χ0n) is 17.0. The van der Waals surface area contributed by atoms with Crippen LogP contribution in [0.2, 0.25) is 10.0 Å². The minimum Gasteiger partial charge on any atom is -0.326 e. The Hall–Kier alpha value is -2.25. The first-order valence-corrected chi connectivity index (χ1v) is 11.4. The summed E-state index contributed by atoms with van der Waals surface area (Å²) < 4.78 is 39.9. The molecule has 10 heteroatoms. The van der Waals surface area contributed by atoms with Gasteiger partial charge in [-0.1, -0.05) is 29.3 Å². The van der Waals surface area contributed by atoms with Gasteiger partial charge in [-0.2, -0.15) is 0 Å². The molecular weight excluding hydrogens is 533 g/mol. The number of hydrogen-bond donors (Lipinski definition) is 1. The lowest BCUT2D eigenvalue weighted by Crippen LogP contribution is -2.18. The number of benzene rings is 3. The van der Waals surface area contributed by atoms with E-state index in [1.54, 1.807) is 12.1 Å². The lowest BCUT2D eigenvalue weighted by molar-refractivity contribution is -0.117. The van der Waals surface area contributed by atoms with Crippen LogP contribution in [0.1, 0.15) is 27.4 Å². The molecule has 176 valence electrons. The van der Waals surface area contributed by atoms with Crippen molar-refractivity contribution >= 4 is 63.8 Å². The fourth-order valence-electron chi connectivity index (χ4n) is 3.79. The number of Topliss-reactive ketones (excluding diaryl/α,β-unsaturated/α-hetero) is 1. The average molecular weight is 547 g/mol. The van der Waals surface area contributed by atoms with E-state index in [4.69, 9.17) is 46.4 Å². The predicted octanol–water partition coefficient (Wildman–Crippen LogP) is 7.36. The van der Waals surface area contributed by atoms with Gasteiger partial charge in [-0.3, -0.25) is 9.59 Å². The molecular formula is C24H14Cl4F3NO2. The van der Waals surface area contributed by atoms with Gasteiger partial charge in [-0.15, -0.1) is 23.2 Å². The molecule has 2 unspecified atom stereocenters. The number of halogens is 7. The third-order valence-corrected chi connectivity index (χ3v) is 6.86. The second kappa shape index (κ2) is 9.42. The predicted molar refractivity (Wildman–Crippen MR) is 127 cm³/mol. The Morgan fingerprint density at radius 1 is 0.882 bits per heavy atom. The highest BCUT2D eigenvalue weighted by Crippen LogP contribution is 2.65. The third-order valence-electron chi connectivity index (χ3n) is 5.48. The van der Waals surface area contributed by atoms with Gasteiger partial charge in [0.1, 0.15) is 21.8 Å². The number of carbonyl (C=O) groups is 2. The normalized spacial score (nSPS) is 18.4. The van der Waals surface area contributed by atoms with Gasteiger partial charge in [0.25, 0.3) is 0 Å². The van der Waals surface area contributed by atoms with Gasteiger partial charge >= 0.3 is 0 Å². The number of nitrogens with one attached hydrogen (secondary N) is 1. The van der Waals surface area contributed by atoms with Crippen molar-refractivity contribution in [1.29, 1.82) is 0 Å². The summed E-state index contributed by atoms with van der Waals surface area (Å²) in [5, 5.41) is 3.29. The molecule has 1 fully saturated rings. The molecule has 1 aliphatic carbocycles. The van der Waals surface area contributed by atoms with Gasteiger partial charge in [0.15, 0.2) is 5.78 Å². The maximum absolute atomic E-state index is 14.3. The maximum atomic E-state index is 14.3. The van der Waals surface area contributed by atoms with Crippen LogP contribution in [0.4, 0.5) is 18.9 Å². The summed E-state index contributed by atoms with van der Waals surface area (Å²) in [6.07, 6.45) is -0.493. The van der Waals surface area contributed by atoms with E-state index in [2.05, 4.69) is 5.32 Å². The van der Waals surface area contributed by atoms with E-state index >= 15 is 0 Å². The molecule has 34 heavy (non-hydrogen) atoms. The highest BCUT2D eigenvalue weighted by atomic mass is 35.5. The smallest absolute Gasteiger partial charge is 0.231 e. The zero-order chi connectivity index (χ0) is 24.8. The first-order valence-electron chi connectivity index (χ1n) is 9.88. The highest BCUT2D eigenvalue weighted by molar-refractivity contribution is 6.53. The number of anilines is 1. The molecule has 1 aliphatic rings. The summed E-state index contributed by atoms with van der Waals surface area (Å²) in [6, 6.07) is 10.9. The first-order chi connectivity index (χ1) is 16.0. The van der Waals surface area contributed by atoms with Crippen molar-refractivity contribution in [1.82, 2.24) is 0 Å². The largest absolute Gasteiger partial charge is 0.326 e. The second-order valence-electron chi connectivity index (χ2n) is 7.85. The number of rotatable bonds is 6. The number of carbonyl (C=O) groups excluding carboxylic acids is 2. The van der Waals surface area contributed by atoms with Gasteiger partial charge in [-0.05, 0) is 53.6 Å². The maximum Gasteiger partial charge on any atom is 0.231 e. The molecule has 3 aromatic carbocycles. The van der Waals surface area contributed by atoms with Gasteiger partial charge in [0.05, 0.1) is 11.5 Å². The van der Waals surface area contributed by atoms with Crippen molar-refractivity contribution in [3.63, 3.8) is 0 Å². The number of amides is 1. The van der Waals surface area contributed by atoms with Crippen LogP contribution in [-0.2, 0) is 11.2 Å². The molecule has 4 rings (SSSR count). The summed E-state index contributed by atoms with van der Waals surface area (Å²) in [5.74, 6) is -5.32. The average Bonchev–Trinajstić information content (AvgIpc) is 3.33. The lowest BCUT2D eigenvalue weighted by Gasteiger charge is -2.09. The summed E-state index contributed by atoms with van der Waals surface area (Å²) in [5.41, 5.74) is 0.251. The molecule has 0 heterocycles. The molecule has 2 atom stereocenters. The summed E-state index contributed by atoms with van der Waals surface area (Å²) in [7, 11) is 0. The van der Waals surface area contributed by atoms with Crippen LogP contribution in [0.15, 0.2) is 54.6 Å². The highest BCUT2D eigenvalue weighted by Gasteiger charge is 2.67. The molecule has 3 nitrogen and oxygen atoms in total. The molecule has 0 aromatic heterocycles. The van der Waals surface area contributed by atoms with Crippen molar-refractivity contribution in [2.75, 3.05) is 5.32 Å².